The third-order valence-corrected chi connectivity index (χ3v) is 4.45. The van der Waals surface area contributed by atoms with E-state index in [2.05, 4.69) is 30.8 Å². The number of fused-ring (bicyclic) bond motifs is 1. The monoisotopic (exact) mass is 297 g/mol. The summed E-state index contributed by atoms with van der Waals surface area (Å²) in [5.41, 5.74) is 0. The Labute approximate surface area is 110 Å². The summed E-state index contributed by atoms with van der Waals surface area (Å²) in [5.74, 6) is 3.13. The quantitative estimate of drug-likeness (QED) is 0.841. The van der Waals surface area contributed by atoms with E-state index < -0.39 is 0 Å². The van der Waals surface area contributed by atoms with Crippen LogP contribution in [0, 0.1) is 11.8 Å². The molecule has 2 heterocycles. The molecule has 3 rings (SSSR count). The van der Waals surface area contributed by atoms with E-state index in [-0.39, 0.29) is 0 Å². The van der Waals surface area contributed by atoms with Crippen LogP contribution in [0.3, 0.4) is 0 Å². The second-order valence-electron chi connectivity index (χ2n) is 4.88. The SMILES string of the molecule is COc1nc(N2CC3CCCC3C2)ncc1Br. The molecule has 0 spiro atoms. The maximum atomic E-state index is 5.21. The number of rotatable bonds is 2. The highest BCUT2D eigenvalue weighted by Gasteiger charge is 2.37. The summed E-state index contributed by atoms with van der Waals surface area (Å²) in [7, 11) is 1.63. The van der Waals surface area contributed by atoms with Crippen molar-refractivity contribution >= 4 is 21.9 Å². The highest BCUT2D eigenvalue weighted by Crippen LogP contribution is 2.39. The maximum Gasteiger partial charge on any atom is 0.232 e. The smallest absolute Gasteiger partial charge is 0.232 e. The minimum atomic E-state index is 0.618. The summed E-state index contributed by atoms with van der Waals surface area (Å²) in [6.07, 6.45) is 5.91. The fourth-order valence-electron chi connectivity index (χ4n) is 3.04. The van der Waals surface area contributed by atoms with E-state index in [9.17, 15) is 0 Å². The van der Waals surface area contributed by atoms with Crippen molar-refractivity contribution in [2.45, 2.75) is 19.3 Å². The summed E-state index contributed by atoms with van der Waals surface area (Å²) in [6.45, 7) is 2.21. The molecule has 2 fully saturated rings. The van der Waals surface area contributed by atoms with E-state index >= 15 is 0 Å². The van der Waals surface area contributed by atoms with Gasteiger partial charge in [0.1, 0.15) is 0 Å². The predicted molar refractivity (Wildman–Crippen MR) is 69.3 cm³/mol. The van der Waals surface area contributed by atoms with Crippen LogP contribution in [0.4, 0.5) is 5.95 Å². The summed E-state index contributed by atoms with van der Waals surface area (Å²) in [5, 5.41) is 0. The fraction of sp³-hybridized carbons (Fsp3) is 0.667. The maximum absolute atomic E-state index is 5.21. The van der Waals surface area contributed by atoms with Crippen molar-refractivity contribution in [3.63, 3.8) is 0 Å². The molecule has 17 heavy (non-hydrogen) atoms. The van der Waals surface area contributed by atoms with Crippen molar-refractivity contribution in [3.05, 3.63) is 10.7 Å². The van der Waals surface area contributed by atoms with Gasteiger partial charge in [0.15, 0.2) is 0 Å². The van der Waals surface area contributed by atoms with Crippen LogP contribution in [0.1, 0.15) is 19.3 Å². The van der Waals surface area contributed by atoms with Crippen LogP contribution in [-0.2, 0) is 0 Å². The zero-order valence-electron chi connectivity index (χ0n) is 9.90. The average Bonchev–Trinajstić information content (AvgIpc) is 2.90. The molecule has 1 aliphatic heterocycles. The van der Waals surface area contributed by atoms with Crippen molar-refractivity contribution in [2.75, 3.05) is 25.1 Å². The van der Waals surface area contributed by atoms with Gasteiger partial charge in [-0.05, 0) is 40.6 Å². The van der Waals surface area contributed by atoms with Crippen molar-refractivity contribution < 1.29 is 4.74 Å². The third-order valence-electron chi connectivity index (χ3n) is 3.90. The first-order valence-corrected chi connectivity index (χ1v) is 6.88. The van der Waals surface area contributed by atoms with Crippen LogP contribution in [0.25, 0.3) is 0 Å². The second-order valence-corrected chi connectivity index (χ2v) is 5.74. The van der Waals surface area contributed by atoms with Gasteiger partial charge in [-0.1, -0.05) is 6.42 Å². The van der Waals surface area contributed by atoms with E-state index in [0.717, 1.165) is 35.3 Å². The van der Waals surface area contributed by atoms with Crippen molar-refractivity contribution in [2.24, 2.45) is 11.8 Å². The molecule has 1 aromatic heterocycles. The van der Waals surface area contributed by atoms with Gasteiger partial charge in [-0.15, -0.1) is 0 Å². The number of hydrogen-bond donors (Lipinski definition) is 0. The standard InChI is InChI=1S/C12H16BrN3O/c1-17-11-10(13)5-14-12(15-11)16-6-8-3-2-4-9(8)7-16/h5,8-9H,2-4,6-7H2,1H3. The molecule has 5 heteroatoms. The van der Waals surface area contributed by atoms with Gasteiger partial charge in [-0.25, -0.2) is 4.98 Å². The van der Waals surface area contributed by atoms with Crippen LogP contribution in [-0.4, -0.2) is 30.2 Å². The van der Waals surface area contributed by atoms with E-state index in [4.69, 9.17) is 4.74 Å². The number of halogens is 1. The second kappa shape index (κ2) is 4.44. The predicted octanol–water partition coefficient (Wildman–Crippen LogP) is 2.48. The van der Waals surface area contributed by atoms with Crippen molar-refractivity contribution in [3.8, 4) is 5.88 Å². The number of anilines is 1. The Kier molecular flexibility index (Phi) is 2.94. The number of ether oxygens (including phenoxy) is 1. The number of methoxy groups -OCH3 is 1. The number of aromatic nitrogens is 2. The molecule has 2 aliphatic rings. The number of nitrogens with zero attached hydrogens (tertiary/aromatic N) is 3. The van der Waals surface area contributed by atoms with Crippen LogP contribution in [0.5, 0.6) is 5.88 Å². The van der Waals surface area contributed by atoms with Gasteiger partial charge in [0.25, 0.3) is 0 Å². The first-order chi connectivity index (χ1) is 8.28. The van der Waals surface area contributed by atoms with Crippen LogP contribution < -0.4 is 9.64 Å². The lowest BCUT2D eigenvalue weighted by molar-refractivity contribution is 0.394. The van der Waals surface area contributed by atoms with Gasteiger partial charge < -0.3 is 9.64 Å². The summed E-state index contributed by atoms with van der Waals surface area (Å²) < 4.78 is 6.02. The Morgan fingerprint density at radius 3 is 2.71 bits per heavy atom. The van der Waals surface area contributed by atoms with Gasteiger partial charge in [-0.3, -0.25) is 0 Å². The van der Waals surface area contributed by atoms with Crippen molar-refractivity contribution in [1.29, 1.82) is 0 Å². The molecule has 92 valence electrons. The summed E-state index contributed by atoms with van der Waals surface area (Å²) in [6, 6.07) is 0. The number of hydrogen-bond acceptors (Lipinski definition) is 4. The lowest BCUT2D eigenvalue weighted by Crippen LogP contribution is -2.23. The minimum absolute atomic E-state index is 0.618. The summed E-state index contributed by atoms with van der Waals surface area (Å²) >= 11 is 3.38. The topological polar surface area (TPSA) is 38.2 Å². The molecule has 1 aliphatic carbocycles. The van der Waals surface area contributed by atoms with Gasteiger partial charge in [0, 0.05) is 13.1 Å². The third kappa shape index (κ3) is 2.01. The molecule has 0 radical (unpaired) electrons. The first-order valence-electron chi connectivity index (χ1n) is 6.09. The van der Waals surface area contributed by atoms with Crippen LogP contribution >= 0.6 is 15.9 Å². The zero-order valence-corrected chi connectivity index (χ0v) is 11.5. The Balaban J connectivity index is 1.81. The van der Waals surface area contributed by atoms with Crippen LogP contribution in [0.2, 0.25) is 0 Å². The molecule has 0 N–H and O–H groups in total. The van der Waals surface area contributed by atoms with E-state index in [1.54, 1.807) is 13.3 Å². The molecular formula is C12H16BrN3O. The largest absolute Gasteiger partial charge is 0.480 e. The van der Waals surface area contributed by atoms with E-state index in [0.29, 0.717) is 5.88 Å². The molecule has 0 bridgehead atoms. The normalized spacial score (nSPS) is 27.3. The Morgan fingerprint density at radius 1 is 1.35 bits per heavy atom. The summed E-state index contributed by atoms with van der Waals surface area (Å²) in [4.78, 5) is 11.1. The Hall–Kier alpha value is -0.840. The molecule has 2 atom stereocenters. The van der Waals surface area contributed by atoms with Gasteiger partial charge in [-0.2, -0.15) is 4.98 Å². The first kappa shape index (κ1) is 11.3. The lowest BCUT2D eigenvalue weighted by Gasteiger charge is -2.17. The molecule has 1 saturated heterocycles. The molecule has 0 amide bonds. The Morgan fingerprint density at radius 2 is 2.06 bits per heavy atom. The van der Waals surface area contributed by atoms with E-state index in [1.807, 2.05) is 0 Å². The molecule has 0 aromatic carbocycles. The molecule has 4 nitrogen and oxygen atoms in total. The van der Waals surface area contributed by atoms with Gasteiger partial charge in [0.05, 0.1) is 17.8 Å². The highest BCUT2D eigenvalue weighted by molar-refractivity contribution is 9.10. The molecular weight excluding hydrogens is 282 g/mol. The fourth-order valence-corrected chi connectivity index (χ4v) is 3.39. The minimum Gasteiger partial charge on any atom is -0.480 e. The van der Waals surface area contributed by atoms with Gasteiger partial charge >= 0.3 is 0 Å². The average molecular weight is 298 g/mol. The molecule has 1 aromatic rings. The van der Waals surface area contributed by atoms with Gasteiger partial charge in [0.2, 0.25) is 11.8 Å². The highest BCUT2D eigenvalue weighted by atomic mass is 79.9. The Bertz CT molecular complexity index is 414. The van der Waals surface area contributed by atoms with Crippen molar-refractivity contribution in [1.82, 2.24) is 9.97 Å². The van der Waals surface area contributed by atoms with E-state index in [1.165, 1.54) is 19.3 Å². The zero-order chi connectivity index (χ0) is 11.8. The lowest BCUT2D eigenvalue weighted by atomic mass is 10.0. The molecule has 2 unspecified atom stereocenters. The van der Waals surface area contributed by atoms with Crippen LogP contribution in [0.15, 0.2) is 10.7 Å². The molecule has 1 saturated carbocycles.